The molecule has 56 valence electrons. The number of nitrogens with two attached hydrogens (primary N) is 1. The Morgan fingerprint density at radius 3 is 2.60 bits per heavy atom. The number of rotatable bonds is 1. The average molecular weight is 143 g/mol. The van der Waals surface area contributed by atoms with E-state index in [0.717, 1.165) is 0 Å². The second-order valence-electron chi connectivity index (χ2n) is 1.42. The van der Waals surface area contributed by atoms with E-state index >= 15 is 0 Å². The molecule has 0 aromatic carbocycles. The van der Waals surface area contributed by atoms with Gasteiger partial charge in [-0.05, 0) is 0 Å². The van der Waals surface area contributed by atoms with Gasteiger partial charge in [-0.1, -0.05) is 0 Å². The number of amides is 1. The van der Waals surface area contributed by atoms with Crippen LogP contribution in [0.5, 0.6) is 0 Å². The van der Waals surface area contributed by atoms with Crippen molar-refractivity contribution in [2.75, 3.05) is 0 Å². The van der Waals surface area contributed by atoms with Crippen molar-refractivity contribution in [2.45, 2.75) is 6.92 Å². The average Bonchev–Trinajstić information content (AvgIpc) is 1.86. The van der Waals surface area contributed by atoms with Gasteiger partial charge in [-0.25, -0.2) is 5.84 Å². The van der Waals surface area contributed by atoms with Gasteiger partial charge in [-0.15, -0.1) is 5.10 Å². The molecule has 0 bridgehead atoms. The Hall–Kier alpha value is -1.43. The SMILES string of the molecule is C=N/N=C(\NN)NC(C)=O. The van der Waals surface area contributed by atoms with Crippen molar-refractivity contribution < 1.29 is 4.79 Å². The van der Waals surface area contributed by atoms with Gasteiger partial charge in [0.05, 0.1) is 0 Å². The number of hydrazine groups is 1. The molecule has 0 spiro atoms. The van der Waals surface area contributed by atoms with Gasteiger partial charge >= 0.3 is 0 Å². The summed E-state index contributed by atoms with van der Waals surface area (Å²) in [5, 5.41) is 8.76. The van der Waals surface area contributed by atoms with Crippen LogP contribution in [0.15, 0.2) is 10.2 Å². The van der Waals surface area contributed by atoms with E-state index in [9.17, 15) is 4.79 Å². The molecule has 0 heterocycles. The third-order valence-electron chi connectivity index (χ3n) is 0.602. The summed E-state index contributed by atoms with van der Waals surface area (Å²) in [4.78, 5) is 10.3. The fraction of sp³-hybridized carbons (Fsp3) is 0.250. The third kappa shape index (κ3) is 3.56. The molecule has 0 radical (unpaired) electrons. The minimum Gasteiger partial charge on any atom is -0.294 e. The molecule has 4 N–H and O–H groups in total. The van der Waals surface area contributed by atoms with E-state index in [2.05, 4.69) is 27.7 Å². The number of carbonyl (C=O) groups excluding carboxylic acids is 1. The summed E-state index contributed by atoms with van der Waals surface area (Å²) in [6.07, 6.45) is 0. The number of guanidine groups is 1. The molecular weight excluding hydrogens is 134 g/mol. The van der Waals surface area contributed by atoms with Crippen LogP contribution in [0.3, 0.4) is 0 Å². The van der Waals surface area contributed by atoms with Crippen LogP contribution in [0.1, 0.15) is 6.92 Å². The number of nitrogens with zero attached hydrogens (tertiary/aromatic N) is 2. The number of nitrogens with one attached hydrogen (secondary N) is 2. The molecule has 6 heteroatoms. The fourth-order valence-electron chi connectivity index (χ4n) is 0.327. The monoisotopic (exact) mass is 143 g/mol. The van der Waals surface area contributed by atoms with E-state index in [0.29, 0.717) is 0 Å². The molecule has 0 fully saturated rings. The molecule has 0 atom stereocenters. The van der Waals surface area contributed by atoms with Crippen LogP contribution in [0.25, 0.3) is 0 Å². The summed E-state index contributed by atoms with van der Waals surface area (Å²) in [7, 11) is 0. The van der Waals surface area contributed by atoms with E-state index in [4.69, 9.17) is 5.84 Å². The van der Waals surface area contributed by atoms with Crippen molar-refractivity contribution in [1.29, 1.82) is 0 Å². The largest absolute Gasteiger partial charge is 0.294 e. The molecule has 6 nitrogen and oxygen atoms in total. The topological polar surface area (TPSA) is 91.9 Å². The normalized spacial score (nSPS) is 10.4. The Morgan fingerprint density at radius 1 is 1.70 bits per heavy atom. The summed E-state index contributed by atoms with van der Waals surface area (Å²) < 4.78 is 0. The lowest BCUT2D eigenvalue weighted by Gasteiger charge is -2.01. The highest BCUT2D eigenvalue weighted by atomic mass is 16.1. The lowest BCUT2D eigenvalue weighted by atomic mass is 10.7. The molecule has 10 heavy (non-hydrogen) atoms. The van der Waals surface area contributed by atoms with Gasteiger partial charge in [0.25, 0.3) is 0 Å². The molecule has 0 saturated carbocycles. The number of hydrogen-bond acceptors (Lipinski definition) is 4. The quantitative estimate of drug-likeness (QED) is 0.181. The van der Waals surface area contributed by atoms with Gasteiger partial charge in [0.15, 0.2) is 0 Å². The minimum atomic E-state index is -0.277. The maximum Gasteiger partial charge on any atom is 0.237 e. The summed E-state index contributed by atoms with van der Waals surface area (Å²) in [6.45, 7) is 4.40. The molecule has 0 unspecified atom stereocenters. The Bertz CT molecular complexity index is 163. The summed E-state index contributed by atoms with van der Waals surface area (Å²) in [5.41, 5.74) is 2.12. The van der Waals surface area contributed by atoms with E-state index in [1.165, 1.54) is 6.92 Å². The standard InChI is InChI=1S/C4H9N5O/c1-3(10)7-4(8-5)9-6-2/h2,5H2,1H3,(H2,7,8,9,10). The number of hydrogen-bond donors (Lipinski definition) is 3. The Kier molecular flexibility index (Phi) is 3.81. The van der Waals surface area contributed by atoms with Crippen LogP contribution in [-0.2, 0) is 4.79 Å². The highest BCUT2D eigenvalue weighted by Crippen LogP contribution is 1.68. The Balaban J connectivity index is 3.95. The van der Waals surface area contributed by atoms with Crippen molar-refractivity contribution >= 4 is 18.6 Å². The van der Waals surface area contributed by atoms with Crippen LogP contribution in [0.4, 0.5) is 0 Å². The predicted molar refractivity (Wildman–Crippen MR) is 38.1 cm³/mol. The maximum atomic E-state index is 10.3. The van der Waals surface area contributed by atoms with E-state index in [1.807, 2.05) is 0 Å². The fourth-order valence-corrected chi connectivity index (χ4v) is 0.327. The van der Waals surface area contributed by atoms with Crippen LogP contribution in [-0.4, -0.2) is 18.6 Å². The van der Waals surface area contributed by atoms with Gasteiger partial charge < -0.3 is 0 Å². The van der Waals surface area contributed by atoms with Gasteiger partial charge in [-0.3, -0.25) is 15.5 Å². The molecule has 0 aromatic heterocycles. The third-order valence-corrected chi connectivity index (χ3v) is 0.602. The Labute approximate surface area is 58.2 Å². The summed E-state index contributed by atoms with van der Waals surface area (Å²) in [5.74, 6) is 4.72. The number of carbonyl (C=O) groups is 1. The van der Waals surface area contributed by atoms with Gasteiger partial charge in [0, 0.05) is 13.6 Å². The van der Waals surface area contributed by atoms with Gasteiger partial charge in [0.1, 0.15) is 0 Å². The Morgan fingerprint density at radius 2 is 2.30 bits per heavy atom. The van der Waals surface area contributed by atoms with Crippen molar-refractivity contribution in [3.8, 4) is 0 Å². The zero-order chi connectivity index (χ0) is 7.98. The first-order valence-electron chi connectivity index (χ1n) is 2.48. The van der Waals surface area contributed by atoms with E-state index in [1.54, 1.807) is 0 Å². The van der Waals surface area contributed by atoms with Crippen molar-refractivity contribution in [1.82, 2.24) is 10.7 Å². The first-order chi connectivity index (χ1) is 4.70. The minimum absolute atomic E-state index is 0.0718. The van der Waals surface area contributed by atoms with Gasteiger partial charge in [0.2, 0.25) is 11.9 Å². The first-order valence-corrected chi connectivity index (χ1v) is 2.48. The van der Waals surface area contributed by atoms with Crippen molar-refractivity contribution in [3.63, 3.8) is 0 Å². The highest BCUT2D eigenvalue weighted by Gasteiger charge is 1.95. The smallest absolute Gasteiger partial charge is 0.237 e. The molecule has 0 aliphatic carbocycles. The molecular formula is C4H9N5O. The molecule has 0 rings (SSSR count). The van der Waals surface area contributed by atoms with E-state index in [-0.39, 0.29) is 11.9 Å². The van der Waals surface area contributed by atoms with Crippen molar-refractivity contribution in [3.05, 3.63) is 0 Å². The van der Waals surface area contributed by atoms with Crippen LogP contribution < -0.4 is 16.6 Å². The maximum absolute atomic E-state index is 10.3. The second-order valence-corrected chi connectivity index (χ2v) is 1.42. The highest BCUT2D eigenvalue weighted by molar-refractivity contribution is 5.95. The molecule has 0 aromatic rings. The van der Waals surface area contributed by atoms with E-state index < -0.39 is 0 Å². The lowest BCUT2D eigenvalue weighted by Crippen LogP contribution is -2.43. The summed E-state index contributed by atoms with van der Waals surface area (Å²) >= 11 is 0. The zero-order valence-corrected chi connectivity index (χ0v) is 5.59. The molecule has 0 aliphatic rings. The summed E-state index contributed by atoms with van der Waals surface area (Å²) in [6, 6.07) is 0. The molecule has 1 amide bonds. The molecule has 0 saturated heterocycles. The van der Waals surface area contributed by atoms with Crippen LogP contribution in [0.2, 0.25) is 0 Å². The zero-order valence-electron chi connectivity index (χ0n) is 5.59. The van der Waals surface area contributed by atoms with Crippen LogP contribution in [0, 0.1) is 0 Å². The van der Waals surface area contributed by atoms with Gasteiger partial charge in [-0.2, -0.15) is 5.10 Å². The van der Waals surface area contributed by atoms with Crippen molar-refractivity contribution in [2.24, 2.45) is 16.0 Å². The molecule has 0 aliphatic heterocycles. The predicted octanol–water partition coefficient (Wildman–Crippen LogP) is -1.44. The second kappa shape index (κ2) is 4.45. The lowest BCUT2D eigenvalue weighted by molar-refractivity contribution is -0.117. The van der Waals surface area contributed by atoms with Crippen LogP contribution >= 0.6 is 0 Å². The first kappa shape index (κ1) is 8.57.